The highest BCUT2D eigenvalue weighted by molar-refractivity contribution is 6.80. The molecule has 1 N–H and O–H groups in total. The van der Waals surface area contributed by atoms with Gasteiger partial charge in [0.15, 0.2) is 5.69 Å². The van der Waals surface area contributed by atoms with Crippen LogP contribution in [0.25, 0.3) is 0 Å². The summed E-state index contributed by atoms with van der Waals surface area (Å²) in [5.41, 5.74) is -0.0710. The summed E-state index contributed by atoms with van der Waals surface area (Å²) in [6.45, 7) is 7.31. The number of carboxylic acid groups (broad SMARTS) is 1. The van der Waals surface area contributed by atoms with Crippen molar-refractivity contribution in [2.24, 2.45) is 11.3 Å². The Hall–Kier alpha value is -2.90. The second kappa shape index (κ2) is 8.08. The molecule has 1 fully saturated rings. The van der Waals surface area contributed by atoms with Crippen LogP contribution >= 0.6 is 0 Å². The van der Waals surface area contributed by atoms with E-state index in [2.05, 4.69) is 50.0 Å². The van der Waals surface area contributed by atoms with Gasteiger partial charge in [-0.3, -0.25) is 0 Å². The quantitative estimate of drug-likeness (QED) is 0.616. The Morgan fingerprint density at radius 1 is 1.10 bits per heavy atom. The average Bonchev–Trinajstić information content (AvgIpc) is 3.18. The van der Waals surface area contributed by atoms with E-state index in [0.29, 0.717) is 12.6 Å². The highest BCUT2D eigenvalue weighted by Gasteiger charge is 2.49. The maximum Gasteiger partial charge on any atom is 0.357 e. The first-order chi connectivity index (χ1) is 14.3. The number of hydrogen-bond acceptors (Lipinski definition) is 5. The number of hydrogen-bond donors (Lipinski definition) is 1. The maximum absolute atomic E-state index is 11.2. The first-order valence-corrected chi connectivity index (χ1v) is 11.7. The minimum atomic E-state index is -1.99. The summed E-state index contributed by atoms with van der Waals surface area (Å²) in [4.78, 5) is 17.3. The van der Waals surface area contributed by atoms with E-state index < -0.39 is 15.0 Å². The smallest absolute Gasteiger partial charge is 0.357 e. The van der Waals surface area contributed by atoms with E-state index in [1.807, 2.05) is 41.3 Å². The Kier molecular flexibility index (Phi) is 5.49. The van der Waals surface area contributed by atoms with Crippen molar-refractivity contribution in [2.75, 3.05) is 11.4 Å². The molecule has 1 saturated heterocycles. The van der Waals surface area contributed by atoms with Gasteiger partial charge in [0.2, 0.25) is 9.04 Å². The molecule has 0 saturated carbocycles. The molecule has 0 bridgehead atoms. The molecular formula is C23H26N2O4Si. The summed E-state index contributed by atoms with van der Waals surface area (Å²) in [6.07, 6.45) is 0.949. The van der Waals surface area contributed by atoms with Gasteiger partial charge in [0.05, 0.1) is 0 Å². The molecule has 0 radical (unpaired) electrons. The average molecular weight is 423 g/mol. The monoisotopic (exact) mass is 422 g/mol. The topological polar surface area (TPSA) is 75.8 Å². The number of aromatic nitrogens is 1. The second-order valence-electron chi connectivity index (χ2n) is 8.67. The van der Waals surface area contributed by atoms with Gasteiger partial charge >= 0.3 is 5.97 Å². The lowest BCUT2D eigenvalue weighted by atomic mass is 9.74. The number of nitrogens with zero attached hydrogens (tertiary/aromatic N) is 2. The Morgan fingerprint density at radius 2 is 1.67 bits per heavy atom. The number of carbonyl (C=O) groups is 1. The van der Waals surface area contributed by atoms with E-state index in [9.17, 15) is 9.90 Å². The van der Waals surface area contributed by atoms with Crippen LogP contribution in [0.5, 0.6) is 0 Å². The molecule has 30 heavy (non-hydrogen) atoms. The molecule has 4 rings (SSSR count). The molecule has 6 nitrogen and oxygen atoms in total. The van der Waals surface area contributed by atoms with Crippen molar-refractivity contribution in [1.29, 1.82) is 0 Å². The number of benzene rings is 2. The molecule has 2 aromatic carbocycles. The van der Waals surface area contributed by atoms with Crippen molar-refractivity contribution >= 4 is 31.4 Å². The summed E-state index contributed by atoms with van der Waals surface area (Å²) in [7, 11) is -1.99. The molecule has 7 heteroatoms. The maximum atomic E-state index is 11.2. The van der Waals surface area contributed by atoms with Gasteiger partial charge in [-0.25, -0.2) is 4.79 Å². The summed E-state index contributed by atoms with van der Waals surface area (Å²) < 4.78 is 12.3. The van der Waals surface area contributed by atoms with Gasteiger partial charge in [-0.1, -0.05) is 81.4 Å². The molecule has 1 aliphatic heterocycles. The normalized spacial score (nSPS) is 19.0. The van der Waals surface area contributed by atoms with Gasteiger partial charge < -0.3 is 18.8 Å². The van der Waals surface area contributed by atoms with Gasteiger partial charge in [0.25, 0.3) is 6.01 Å². The van der Waals surface area contributed by atoms with Crippen LogP contribution in [0.4, 0.5) is 6.01 Å². The molecule has 0 aliphatic carbocycles. The van der Waals surface area contributed by atoms with Crippen LogP contribution in [0.15, 0.2) is 71.3 Å². The van der Waals surface area contributed by atoms with Crippen molar-refractivity contribution in [3.8, 4) is 0 Å². The summed E-state index contributed by atoms with van der Waals surface area (Å²) in [6, 6.07) is 20.9. The number of anilines is 1. The molecule has 1 aliphatic rings. The number of oxazole rings is 1. The second-order valence-corrected chi connectivity index (χ2v) is 11.0. The third-order valence-electron chi connectivity index (χ3n) is 5.59. The molecule has 3 aromatic rings. The fourth-order valence-corrected chi connectivity index (χ4v) is 6.24. The van der Waals surface area contributed by atoms with E-state index in [-0.39, 0.29) is 23.3 Å². The van der Waals surface area contributed by atoms with Crippen LogP contribution < -0.4 is 15.3 Å². The van der Waals surface area contributed by atoms with Gasteiger partial charge in [-0.2, -0.15) is 4.98 Å². The molecule has 0 amide bonds. The Labute approximate surface area is 177 Å². The number of carboxylic acids is 1. The predicted molar refractivity (Wildman–Crippen MR) is 118 cm³/mol. The van der Waals surface area contributed by atoms with Crippen molar-refractivity contribution < 1.29 is 18.7 Å². The summed E-state index contributed by atoms with van der Waals surface area (Å²) in [5.74, 6) is -0.837. The highest BCUT2D eigenvalue weighted by atomic mass is 28.3. The van der Waals surface area contributed by atoms with Crippen LogP contribution in [-0.4, -0.2) is 37.9 Å². The SMILES string of the molecule is CC(C)(C)C1CN(c2nc(C(=O)O)co2)C1O[SiH](c1ccccc1)c1ccccc1. The van der Waals surface area contributed by atoms with Crippen molar-refractivity contribution in [3.05, 3.63) is 72.6 Å². The minimum absolute atomic E-state index is 0.0235. The largest absolute Gasteiger partial charge is 0.476 e. The van der Waals surface area contributed by atoms with Gasteiger partial charge in [-0.05, 0) is 15.8 Å². The van der Waals surface area contributed by atoms with E-state index in [1.165, 1.54) is 16.6 Å². The van der Waals surface area contributed by atoms with E-state index in [4.69, 9.17) is 8.84 Å². The van der Waals surface area contributed by atoms with E-state index >= 15 is 0 Å². The lowest BCUT2D eigenvalue weighted by Gasteiger charge is -2.53. The zero-order chi connectivity index (χ0) is 21.3. The molecule has 2 heterocycles. The van der Waals surface area contributed by atoms with E-state index in [1.54, 1.807) is 0 Å². The van der Waals surface area contributed by atoms with Crippen LogP contribution in [0, 0.1) is 11.3 Å². The zero-order valence-electron chi connectivity index (χ0n) is 17.4. The molecule has 2 unspecified atom stereocenters. The van der Waals surface area contributed by atoms with Crippen molar-refractivity contribution in [2.45, 2.75) is 27.0 Å². The van der Waals surface area contributed by atoms with Crippen LogP contribution in [0.1, 0.15) is 31.3 Å². The summed E-state index contributed by atoms with van der Waals surface area (Å²) >= 11 is 0. The minimum Gasteiger partial charge on any atom is -0.476 e. The van der Waals surface area contributed by atoms with Gasteiger partial charge in [0, 0.05) is 12.5 Å². The van der Waals surface area contributed by atoms with Crippen LogP contribution in [0.2, 0.25) is 0 Å². The lowest BCUT2D eigenvalue weighted by molar-refractivity contribution is 0.000392. The molecule has 0 spiro atoms. The third-order valence-corrected chi connectivity index (χ3v) is 8.13. The number of aromatic carboxylic acids is 1. The molecular weight excluding hydrogens is 396 g/mol. The van der Waals surface area contributed by atoms with Gasteiger partial charge in [-0.15, -0.1) is 0 Å². The molecule has 156 valence electrons. The Morgan fingerprint density at radius 3 is 2.13 bits per heavy atom. The summed E-state index contributed by atoms with van der Waals surface area (Å²) in [5, 5.41) is 11.6. The lowest BCUT2D eigenvalue weighted by Crippen LogP contribution is -2.65. The third kappa shape index (κ3) is 4.03. The standard InChI is InChI=1S/C23H26N2O4Si/c1-23(2,3)18-14-25(22-24-19(15-28-22)21(26)27)20(18)29-30(16-10-6-4-7-11-16)17-12-8-5-9-13-17/h4-13,15,18,20,30H,14H2,1-3H3,(H,26,27). The van der Waals surface area contributed by atoms with Crippen LogP contribution in [-0.2, 0) is 4.43 Å². The molecule has 1 aromatic heterocycles. The Bertz CT molecular complexity index is 961. The van der Waals surface area contributed by atoms with E-state index in [0.717, 1.165) is 0 Å². The fourth-order valence-electron chi connectivity index (χ4n) is 3.78. The first-order valence-electron chi connectivity index (χ1n) is 10.1. The number of rotatable bonds is 6. The van der Waals surface area contributed by atoms with Crippen LogP contribution in [0.3, 0.4) is 0 Å². The molecule has 2 atom stereocenters. The highest BCUT2D eigenvalue weighted by Crippen LogP contribution is 2.42. The fraction of sp³-hybridized carbons (Fsp3) is 0.304. The first kappa shape index (κ1) is 20.4. The van der Waals surface area contributed by atoms with Crippen molar-refractivity contribution in [1.82, 2.24) is 4.98 Å². The van der Waals surface area contributed by atoms with Crippen molar-refractivity contribution in [3.63, 3.8) is 0 Å². The zero-order valence-corrected chi connectivity index (χ0v) is 18.5. The Balaban J connectivity index is 1.67. The predicted octanol–water partition coefficient (Wildman–Crippen LogP) is 2.74. The van der Waals surface area contributed by atoms with Gasteiger partial charge in [0.1, 0.15) is 12.5 Å².